The maximum absolute atomic E-state index is 11.6. The van der Waals surface area contributed by atoms with Crippen molar-refractivity contribution in [3.63, 3.8) is 0 Å². The molecule has 12 rings (SSSR count). The summed E-state index contributed by atoms with van der Waals surface area (Å²) in [6.45, 7) is 8.50. The number of carboxylic acids is 2. The van der Waals surface area contributed by atoms with Crippen molar-refractivity contribution in [2.75, 3.05) is 77.1 Å². The largest absolute Gasteiger partial charge is 0.507 e. The lowest BCUT2D eigenvalue weighted by Gasteiger charge is -2.34. The van der Waals surface area contributed by atoms with Crippen LogP contribution in [0.15, 0.2) is 142 Å². The van der Waals surface area contributed by atoms with Gasteiger partial charge in [-0.3, -0.25) is 0 Å². The molecule has 0 radical (unpaired) electrons. The SMILES string of the molecule is CN1CCN(C2=Nc3ccccc3Nc3sccc32)CC1.CN1CCN(C2=Nc3ccccc3Nc3sccc32)CC1.O.O=C(O)c1cc2ccccc2c(Cc2c(O)c(C(=O)O)cc3ccccc23)c1O. The summed E-state index contributed by atoms with van der Waals surface area (Å²) >= 11 is 3.48. The lowest BCUT2D eigenvalue weighted by molar-refractivity contribution is 0.0682. The van der Waals surface area contributed by atoms with Crippen LogP contribution in [0.1, 0.15) is 43.0 Å². The first kappa shape index (κ1) is 49.2. The molecule has 0 atom stereocenters. The number of carbonyl (C=O) groups is 2. The molecule has 17 heteroatoms. The van der Waals surface area contributed by atoms with E-state index in [1.54, 1.807) is 71.2 Å². The number of phenols is 2. The highest BCUT2D eigenvalue weighted by molar-refractivity contribution is 7.15. The van der Waals surface area contributed by atoms with Gasteiger partial charge >= 0.3 is 11.9 Å². The van der Waals surface area contributed by atoms with Gasteiger partial charge in [0.25, 0.3) is 0 Å². The predicted molar refractivity (Wildman–Crippen MR) is 290 cm³/mol. The number of amidine groups is 2. The number of benzene rings is 6. The number of aromatic carboxylic acids is 2. The van der Waals surface area contributed by atoms with E-state index in [1.807, 2.05) is 12.1 Å². The lowest BCUT2D eigenvalue weighted by atomic mass is 9.90. The van der Waals surface area contributed by atoms with Crippen molar-refractivity contribution in [2.24, 2.45) is 9.98 Å². The van der Waals surface area contributed by atoms with E-state index in [1.165, 1.54) is 33.3 Å². The number of anilines is 4. The van der Waals surface area contributed by atoms with E-state index in [0.29, 0.717) is 32.7 Å². The second kappa shape index (κ2) is 21.3. The summed E-state index contributed by atoms with van der Waals surface area (Å²) in [6, 6.07) is 37.7. The van der Waals surface area contributed by atoms with Crippen LogP contribution in [0.3, 0.4) is 0 Å². The fourth-order valence-corrected chi connectivity index (χ4v) is 10.9. The molecule has 368 valence electrons. The molecule has 8 aromatic rings. The molecule has 0 bridgehead atoms. The number of para-hydroxylation sites is 4. The highest BCUT2D eigenvalue weighted by Crippen LogP contribution is 2.41. The Bertz CT molecular complexity index is 3150. The number of aromatic hydroxyl groups is 2. The third-order valence-electron chi connectivity index (χ3n) is 13.2. The fourth-order valence-electron chi connectivity index (χ4n) is 9.31. The van der Waals surface area contributed by atoms with Gasteiger partial charge in [-0.2, -0.15) is 0 Å². The van der Waals surface area contributed by atoms with Crippen molar-refractivity contribution in [1.29, 1.82) is 0 Å². The first-order chi connectivity index (χ1) is 34.5. The topological polar surface area (TPSA) is 208 Å². The summed E-state index contributed by atoms with van der Waals surface area (Å²) in [5.74, 6) is -1.14. The Labute approximate surface area is 424 Å². The highest BCUT2D eigenvalue weighted by Gasteiger charge is 2.27. The third-order valence-corrected chi connectivity index (χ3v) is 14.9. The predicted octanol–water partition coefficient (Wildman–Crippen LogP) is 9.83. The molecule has 6 aromatic carbocycles. The number of nitrogens with one attached hydrogen (secondary N) is 2. The van der Waals surface area contributed by atoms with Crippen LogP contribution < -0.4 is 10.6 Å². The summed E-state index contributed by atoms with van der Waals surface area (Å²) in [4.78, 5) is 42.7. The number of aliphatic imine (C=N–C) groups is 2. The van der Waals surface area contributed by atoms with E-state index in [0.717, 1.165) is 86.8 Å². The Morgan fingerprint density at radius 3 is 1.32 bits per heavy atom. The number of piperazine rings is 2. The van der Waals surface area contributed by atoms with Gasteiger partial charge in [-0.25, -0.2) is 19.6 Å². The number of thiophene rings is 2. The molecule has 8 N–H and O–H groups in total. The summed E-state index contributed by atoms with van der Waals surface area (Å²) < 4.78 is 0. The van der Waals surface area contributed by atoms with Crippen LogP contribution in [0.25, 0.3) is 21.5 Å². The van der Waals surface area contributed by atoms with E-state index in [2.05, 4.69) is 104 Å². The minimum atomic E-state index is -1.28. The Hall–Kier alpha value is -7.80. The van der Waals surface area contributed by atoms with Gasteiger partial charge in [-0.1, -0.05) is 72.8 Å². The van der Waals surface area contributed by atoms with Crippen molar-refractivity contribution >= 4 is 101 Å². The molecule has 72 heavy (non-hydrogen) atoms. The molecule has 0 saturated carbocycles. The van der Waals surface area contributed by atoms with E-state index >= 15 is 0 Å². The van der Waals surface area contributed by atoms with Crippen LogP contribution in [0, 0.1) is 0 Å². The molecule has 0 amide bonds. The van der Waals surface area contributed by atoms with E-state index in [-0.39, 0.29) is 23.0 Å². The summed E-state index contributed by atoms with van der Waals surface area (Å²) in [6.07, 6.45) is -0.0407. The average molecular weight is 1000 g/mol. The fraction of sp³-hybridized carbons (Fsp3) is 0.200. The molecular weight excluding hydrogens is 949 g/mol. The lowest BCUT2D eigenvalue weighted by Crippen LogP contribution is -2.47. The molecular formula is C55H54N8O7S2. The van der Waals surface area contributed by atoms with E-state index in [4.69, 9.17) is 9.98 Å². The second-order valence-electron chi connectivity index (χ2n) is 17.8. The van der Waals surface area contributed by atoms with Crippen molar-refractivity contribution in [2.45, 2.75) is 6.42 Å². The number of fused-ring (bicyclic) bond motifs is 6. The number of hydrogen-bond donors (Lipinski definition) is 6. The Kier molecular flexibility index (Phi) is 14.5. The molecule has 0 aliphatic carbocycles. The maximum Gasteiger partial charge on any atom is 0.339 e. The summed E-state index contributed by atoms with van der Waals surface area (Å²) in [5.41, 5.74) is 6.78. The molecule has 0 unspecified atom stereocenters. The first-order valence-electron chi connectivity index (χ1n) is 23.4. The van der Waals surface area contributed by atoms with Crippen LogP contribution in [0.4, 0.5) is 32.8 Å². The zero-order valence-electron chi connectivity index (χ0n) is 39.7. The molecule has 15 nitrogen and oxygen atoms in total. The normalized spacial score (nSPS) is 15.1. The van der Waals surface area contributed by atoms with Gasteiger partial charge in [-0.05, 0) is 94.9 Å². The Morgan fingerprint density at radius 2 is 0.917 bits per heavy atom. The molecule has 4 aliphatic heterocycles. The average Bonchev–Trinajstić information content (AvgIpc) is 3.97. The standard InChI is InChI=1S/C23H16O6.2C16H18N4S.H2O/c24-20-16(14-7-3-1-5-12(14)9-18(20)22(26)27)11-17-15-8-4-2-6-13(15)10-19(21(17)25)23(28)29;2*1-19-7-9-20(10-8-19)15-12-6-11-21-16(12)18-14-5-3-2-4-13(14)17-15;/h1-10,24-25H,11H2,(H,26,27)(H,28,29);2*2-6,11,18H,7-10H2,1H3;1H2. The molecule has 4 aliphatic rings. The number of nitrogens with zero attached hydrogens (tertiary/aromatic N) is 6. The number of likely N-dealkylation sites (N-methyl/N-ethyl adjacent to an activating group) is 2. The Balaban J connectivity index is 0.000000135. The van der Waals surface area contributed by atoms with Crippen LogP contribution in [-0.4, -0.2) is 136 Å². The number of hydrogen-bond acceptors (Lipinski definition) is 14. The molecule has 2 aromatic heterocycles. The summed E-state index contributed by atoms with van der Waals surface area (Å²) in [7, 11) is 4.36. The number of rotatable bonds is 4. The Morgan fingerprint density at radius 1 is 0.542 bits per heavy atom. The van der Waals surface area contributed by atoms with Crippen molar-refractivity contribution in [3.05, 3.63) is 165 Å². The van der Waals surface area contributed by atoms with Gasteiger partial charge in [0.2, 0.25) is 0 Å². The zero-order valence-corrected chi connectivity index (χ0v) is 41.3. The minimum Gasteiger partial charge on any atom is -0.507 e. The van der Waals surface area contributed by atoms with Gasteiger partial charge in [0.15, 0.2) is 0 Å². The zero-order chi connectivity index (χ0) is 49.2. The van der Waals surface area contributed by atoms with E-state index in [9.17, 15) is 30.0 Å². The maximum atomic E-state index is 11.6. The number of carboxylic acid groups (broad SMARTS) is 2. The van der Waals surface area contributed by atoms with Gasteiger partial charge in [0.1, 0.15) is 44.3 Å². The third kappa shape index (κ3) is 10.1. The van der Waals surface area contributed by atoms with Crippen molar-refractivity contribution in [3.8, 4) is 11.5 Å². The van der Waals surface area contributed by atoms with Crippen molar-refractivity contribution in [1.82, 2.24) is 19.6 Å². The summed E-state index contributed by atoms with van der Waals surface area (Å²) in [5, 5.41) is 56.5. The quantitative estimate of drug-likeness (QED) is 0.0974. The molecule has 2 fully saturated rings. The van der Waals surface area contributed by atoms with Crippen LogP contribution in [0.5, 0.6) is 11.5 Å². The van der Waals surface area contributed by atoms with Gasteiger partial charge in [-0.15, -0.1) is 22.7 Å². The second-order valence-corrected chi connectivity index (χ2v) is 19.6. The van der Waals surface area contributed by atoms with Gasteiger partial charge in [0.05, 0.1) is 33.9 Å². The smallest absolute Gasteiger partial charge is 0.339 e. The highest BCUT2D eigenvalue weighted by atomic mass is 32.1. The van der Waals surface area contributed by atoms with Crippen LogP contribution in [-0.2, 0) is 6.42 Å². The van der Waals surface area contributed by atoms with Gasteiger partial charge in [0, 0.05) is 69.9 Å². The van der Waals surface area contributed by atoms with Gasteiger partial charge < -0.3 is 56.1 Å². The van der Waals surface area contributed by atoms with Crippen LogP contribution in [0.2, 0.25) is 0 Å². The molecule has 2 saturated heterocycles. The first-order valence-corrected chi connectivity index (χ1v) is 25.1. The van der Waals surface area contributed by atoms with E-state index < -0.39 is 23.4 Å². The monoisotopic (exact) mass is 1000 g/mol. The van der Waals surface area contributed by atoms with Crippen molar-refractivity contribution < 1.29 is 35.5 Å². The molecule has 6 heterocycles. The minimum absolute atomic E-state index is 0. The molecule has 0 spiro atoms. The van der Waals surface area contributed by atoms with Crippen LogP contribution >= 0.6 is 22.7 Å².